The molecule has 0 aliphatic rings. The van der Waals surface area contributed by atoms with E-state index < -0.39 is 0 Å². The Labute approximate surface area is 131 Å². The third kappa shape index (κ3) is 4.01. The molecule has 4 heteroatoms. The number of rotatable bonds is 5. The molecule has 22 heavy (non-hydrogen) atoms. The molecule has 1 amide bonds. The van der Waals surface area contributed by atoms with E-state index in [-0.39, 0.29) is 11.7 Å². The number of amides is 1. The van der Waals surface area contributed by atoms with Crippen LogP contribution in [0.1, 0.15) is 21.5 Å². The number of nitrogens with zero attached hydrogens (tertiary/aromatic N) is 1. The van der Waals surface area contributed by atoms with Crippen molar-refractivity contribution in [3.63, 3.8) is 0 Å². The molecule has 0 fully saturated rings. The van der Waals surface area contributed by atoms with Crippen LogP contribution in [0.5, 0.6) is 11.5 Å². The lowest BCUT2D eigenvalue weighted by atomic mass is 10.1. The van der Waals surface area contributed by atoms with Gasteiger partial charge in [-0.25, -0.2) is 0 Å². The molecule has 0 heterocycles. The van der Waals surface area contributed by atoms with Gasteiger partial charge in [0.05, 0.1) is 12.1 Å². The molecule has 2 rings (SSSR count). The summed E-state index contributed by atoms with van der Waals surface area (Å²) in [4.78, 5) is 13.8. The summed E-state index contributed by atoms with van der Waals surface area (Å²) in [6, 6.07) is 12.8. The highest BCUT2D eigenvalue weighted by molar-refractivity contribution is 5.96. The highest BCUT2D eigenvalue weighted by atomic mass is 16.5. The predicted octanol–water partition coefficient (Wildman–Crippen LogP) is 3.16. The van der Waals surface area contributed by atoms with Gasteiger partial charge in [0.15, 0.2) is 0 Å². The van der Waals surface area contributed by atoms with Crippen LogP contribution in [0, 0.1) is 13.8 Å². The molecule has 0 saturated carbocycles. The molecular weight excluding hydrogens is 278 g/mol. The zero-order valence-corrected chi connectivity index (χ0v) is 13.2. The molecular formula is C18H21NO3. The largest absolute Gasteiger partial charge is 0.507 e. The molecule has 0 aliphatic heterocycles. The lowest BCUT2D eigenvalue weighted by Crippen LogP contribution is -2.30. The molecule has 1 N–H and O–H groups in total. The number of ether oxygens (including phenoxy) is 1. The van der Waals surface area contributed by atoms with E-state index in [2.05, 4.69) is 0 Å². The van der Waals surface area contributed by atoms with Crippen LogP contribution in [-0.4, -0.2) is 36.1 Å². The number of aryl methyl sites for hydroxylation is 2. The van der Waals surface area contributed by atoms with Crippen LogP contribution in [0.4, 0.5) is 0 Å². The van der Waals surface area contributed by atoms with Crippen molar-refractivity contribution in [3.05, 3.63) is 59.2 Å². The summed E-state index contributed by atoms with van der Waals surface area (Å²) >= 11 is 0. The van der Waals surface area contributed by atoms with Gasteiger partial charge in [0, 0.05) is 7.05 Å². The van der Waals surface area contributed by atoms with Crippen LogP contribution >= 0.6 is 0 Å². The van der Waals surface area contributed by atoms with Crippen LogP contribution in [0.25, 0.3) is 0 Å². The Balaban J connectivity index is 1.90. The topological polar surface area (TPSA) is 49.8 Å². The van der Waals surface area contributed by atoms with E-state index in [1.807, 2.05) is 44.2 Å². The molecule has 0 bridgehead atoms. The third-order valence-corrected chi connectivity index (χ3v) is 3.45. The molecule has 0 spiro atoms. The summed E-state index contributed by atoms with van der Waals surface area (Å²) in [6.07, 6.45) is 0. The van der Waals surface area contributed by atoms with E-state index in [1.54, 1.807) is 24.1 Å². The fourth-order valence-corrected chi connectivity index (χ4v) is 2.06. The Morgan fingerprint density at radius 1 is 1.09 bits per heavy atom. The zero-order chi connectivity index (χ0) is 16.1. The van der Waals surface area contributed by atoms with Crippen LogP contribution in [0.15, 0.2) is 42.5 Å². The summed E-state index contributed by atoms with van der Waals surface area (Å²) < 4.78 is 5.61. The number of aromatic hydroxyl groups is 1. The number of hydrogen-bond acceptors (Lipinski definition) is 3. The zero-order valence-electron chi connectivity index (χ0n) is 13.2. The molecule has 0 aliphatic carbocycles. The van der Waals surface area contributed by atoms with E-state index in [4.69, 9.17) is 4.74 Å². The quantitative estimate of drug-likeness (QED) is 0.922. The van der Waals surface area contributed by atoms with Gasteiger partial charge in [-0.05, 0) is 43.7 Å². The molecule has 0 radical (unpaired) electrons. The lowest BCUT2D eigenvalue weighted by molar-refractivity contribution is 0.0771. The second-order valence-corrected chi connectivity index (χ2v) is 5.41. The Hall–Kier alpha value is -2.49. The molecule has 116 valence electrons. The van der Waals surface area contributed by atoms with Crippen LogP contribution < -0.4 is 4.74 Å². The van der Waals surface area contributed by atoms with Gasteiger partial charge < -0.3 is 14.7 Å². The van der Waals surface area contributed by atoms with Crippen molar-refractivity contribution < 1.29 is 14.6 Å². The van der Waals surface area contributed by atoms with Gasteiger partial charge in [0.25, 0.3) is 5.91 Å². The van der Waals surface area contributed by atoms with Gasteiger partial charge >= 0.3 is 0 Å². The highest BCUT2D eigenvalue weighted by Gasteiger charge is 2.15. The first-order valence-corrected chi connectivity index (χ1v) is 7.22. The van der Waals surface area contributed by atoms with Gasteiger partial charge in [-0.2, -0.15) is 0 Å². The van der Waals surface area contributed by atoms with Crippen LogP contribution in [-0.2, 0) is 0 Å². The third-order valence-electron chi connectivity index (χ3n) is 3.45. The maximum Gasteiger partial charge on any atom is 0.257 e. The summed E-state index contributed by atoms with van der Waals surface area (Å²) in [5.74, 6) is 0.575. The number of carbonyl (C=O) groups is 1. The second-order valence-electron chi connectivity index (χ2n) is 5.41. The number of hydrogen-bond donors (Lipinski definition) is 1. The fraction of sp³-hybridized carbons (Fsp3) is 0.278. The van der Waals surface area contributed by atoms with E-state index in [0.717, 1.165) is 11.3 Å². The maximum atomic E-state index is 12.3. The first-order chi connectivity index (χ1) is 10.5. The monoisotopic (exact) mass is 299 g/mol. The summed E-state index contributed by atoms with van der Waals surface area (Å²) in [5, 5.41) is 9.86. The predicted molar refractivity (Wildman–Crippen MR) is 86.5 cm³/mol. The minimum Gasteiger partial charge on any atom is -0.507 e. The number of phenols is 1. The average molecular weight is 299 g/mol. The number of benzene rings is 2. The van der Waals surface area contributed by atoms with E-state index in [0.29, 0.717) is 18.7 Å². The summed E-state index contributed by atoms with van der Waals surface area (Å²) in [6.45, 7) is 4.73. The second kappa shape index (κ2) is 6.98. The molecule has 0 aromatic heterocycles. The Morgan fingerprint density at radius 3 is 2.36 bits per heavy atom. The maximum absolute atomic E-state index is 12.3. The normalized spacial score (nSPS) is 10.3. The summed E-state index contributed by atoms with van der Waals surface area (Å²) in [7, 11) is 1.69. The van der Waals surface area contributed by atoms with E-state index in [9.17, 15) is 9.90 Å². The van der Waals surface area contributed by atoms with Crippen molar-refractivity contribution in [3.8, 4) is 11.5 Å². The molecule has 0 unspecified atom stereocenters. The van der Waals surface area contributed by atoms with Crippen molar-refractivity contribution in [2.24, 2.45) is 0 Å². The number of phenolic OH excluding ortho intramolecular Hbond substituents is 1. The van der Waals surface area contributed by atoms with Crippen molar-refractivity contribution in [1.82, 2.24) is 4.90 Å². The minimum atomic E-state index is -0.218. The molecule has 2 aromatic carbocycles. The van der Waals surface area contributed by atoms with Crippen molar-refractivity contribution >= 4 is 5.91 Å². The van der Waals surface area contributed by atoms with Crippen molar-refractivity contribution in [1.29, 1.82) is 0 Å². The van der Waals surface area contributed by atoms with Gasteiger partial charge in [-0.1, -0.05) is 23.8 Å². The highest BCUT2D eigenvalue weighted by Crippen LogP contribution is 2.20. The van der Waals surface area contributed by atoms with Crippen LogP contribution in [0.3, 0.4) is 0 Å². The fourth-order valence-electron chi connectivity index (χ4n) is 2.06. The van der Waals surface area contributed by atoms with Crippen LogP contribution in [0.2, 0.25) is 0 Å². The Morgan fingerprint density at radius 2 is 1.73 bits per heavy atom. The first kappa shape index (κ1) is 15.9. The lowest BCUT2D eigenvalue weighted by Gasteiger charge is -2.18. The van der Waals surface area contributed by atoms with Gasteiger partial charge in [-0.15, -0.1) is 0 Å². The molecule has 0 saturated heterocycles. The minimum absolute atomic E-state index is 0.0105. The number of carbonyl (C=O) groups excluding carboxylic acids is 1. The first-order valence-electron chi connectivity index (χ1n) is 7.22. The van der Waals surface area contributed by atoms with E-state index in [1.165, 1.54) is 5.56 Å². The van der Waals surface area contributed by atoms with E-state index >= 15 is 0 Å². The molecule has 4 nitrogen and oxygen atoms in total. The smallest absolute Gasteiger partial charge is 0.257 e. The average Bonchev–Trinajstić information content (AvgIpc) is 2.48. The van der Waals surface area contributed by atoms with Crippen molar-refractivity contribution in [2.45, 2.75) is 13.8 Å². The van der Waals surface area contributed by atoms with Gasteiger partial charge in [-0.3, -0.25) is 4.79 Å². The molecule has 2 aromatic rings. The Kier molecular flexibility index (Phi) is 5.04. The van der Waals surface area contributed by atoms with Crippen molar-refractivity contribution in [2.75, 3.05) is 20.2 Å². The number of likely N-dealkylation sites (N-methyl/N-ethyl adjacent to an activating group) is 1. The molecule has 0 atom stereocenters. The summed E-state index contributed by atoms with van der Waals surface area (Å²) in [5.41, 5.74) is 2.40. The standard InChI is InChI=1S/C18H21NO3/c1-13-4-7-15(8-5-13)22-11-10-19(3)18(21)16-9-6-14(2)12-17(16)20/h4-9,12,20H,10-11H2,1-3H3. The van der Waals surface area contributed by atoms with Gasteiger partial charge in [0.2, 0.25) is 0 Å². The SMILES string of the molecule is Cc1ccc(OCCN(C)C(=O)c2ccc(C)cc2O)cc1. The van der Waals surface area contributed by atoms with Gasteiger partial charge in [0.1, 0.15) is 18.1 Å². The Bertz CT molecular complexity index is 650.